The van der Waals surface area contributed by atoms with E-state index in [1.54, 1.807) is 11.0 Å². The first-order valence-corrected chi connectivity index (χ1v) is 6.33. The topological polar surface area (TPSA) is 78.8 Å². The van der Waals surface area contributed by atoms with Crippen molar-refractivity contribution in [3.63, 3.8) is 0 Å². The number of anilines is 1. The highest BCUT2D eigenvalue weighted by Crippen LogP contribution is 2.17. The largest absolute Gasteiger partial charge is 0.478 e. The Bertz CT molecular complexity index is 433. The maximum Gasteiger partial charge on any atom is 0.248 e. The van der Waals surface area contributed by atoms with Crippen LogP contribution in [0.3, 0.4) is 0 Å². The fraction of sp³-hybridized carbons (Fsp3) is 0.583. The Kier molecular flexibility index (Phi) is 4.51. The van der Waals surface area contributed by atoms with Crippen molar-refractivity contribution >= 4 is 11.7 Å². The van der Waals surface area contributed by atoms with Gasteiger partial charge in [-0.05, 0) is 6.92 Å². The molecule has 19 heavy (non-hydrogen) atoms. The molecule has 1 fully saturated rings. The minimum atomic E-state index is -0.429. The molecule has 0 aromatic carbocycles. The normalized spacial score (nSPS) is 15.5. The molecule has 104 valence electrons. The number of amides is 1. The first kappa shape index (κ1) is 13.5. The molecular formula is C12H18N4O3. The maximum absolute atomic E-state index is 11.4. The van der Waals surface area contributed by atoms with Gasteiger partial charge in [0.2, 0.25) is 11.8 Å². The zero-order valence-electron chi connectivity index (χ0n) is 10.9. The summed E-state index contributed by atoms with van der Waals surface area (Å²) >= 11 is 0. The molecule has 2 heterocycles. The van der Waals surface area contributed by atoms with Gasteiger partial charge >= 0.3 is 0 Å². The Morgan fingerprint density at radius 1 is 1.37 bits per heavy atom. The van der Waals surface area contributed by atoms with Crippen LogP contribution >= 0.6 is 0 Å². The lowest BCUT2D eigenvalue weighted by atomic mass is 10.3. The summed E-state index contributed by atoms with van der Waals surface area (Å²) in [6.07, 6.45) is 1.48. The third-order valence-electron chi connectivity index (χ3n) is 3.01. The summed E-state index contributed by atoms with van der Waals surface area (Å²) in [7, 11) is 0. The number of nitrogens with zero attached hydrogens (tertiary/aromatic N) is 4. The molecule has 1 saturated heterocycles. The van der Waals surface area contributed by atoms with Gasteiger partial charge in [0, 0.05) is 32.2 Å². The summed E-state index contributed by atoms with van der Waals surface area (Å²) in [5.41, 5.74) is 0. The summed E-state index contributed by atoms with van der Waals surface area (Å²) in [6.45, 7) is 4.60. The van der Waals surface area contributed by atoms with Crippen LogP contribution in [0.25, 0.3) is 0 Å². The molecule has 7 nitrogen and oxygen atoms in total. The van der Waals surface area contributed by atoms with Crippen LogP contribution in [0.5, 0.6) is 5.88 Å². The molecule has 0 atom stereocenters. The van der Waals surface area contributed by atoms with E-state index in [0.29, 0.717) is 38.7 Å². The predicted molar refractivity (Wildman–Crippen MR) is 69.1 cm³/mol. The van der Waals surface area contributed by atoms with Gasteiger partial charge in [0.15, 0.2) is 0 Å². The van der Waals surface area contributed by atoms with Gasteiger partial charge in [-0.25, -0.2) is 9.97 Å². The van der Waals surface area contributed by atoms with E-state index >= 15 is 0 Å². The van der Waals surface area contributed by atoms with Crippen molar-refractivity contribution < 1.29 is 14.6 Å². The molecule has 1 amide bonds. The van der Waals surface area contributed by atoms with Crippen molar-refractivity contribution in [3.05, 3.63) is 12.4 Å². The predicted octanol–water partition coefficient (Wildman–Crippen LogP) is -0.484. The van der Waals surface area contributed by atoms with Gasteiger partial charge in [-0.2, -0.15) is 0 Å². The van der Waals surface area contributed by atoms with Crippen LogP contribution in [0.1, 0.15) is 6.92 Å². The summed E-state index contributed by atoms with van der Waals surface area (Å²) in [5.74, 6) is 1.13. The molecule has 0 bridgehead atoms. The van der Waals surface area contributed by atoms with E-state index in [9.17, 15) is 4.79 Å². The number of rotatable bonds is 4. The van der Waals surface area contributed by atoms with Gasteiger partial charge in [0.05, 0.1) is 6.61 Å². The summed E-state index contributed by atoms with van der Waals surface area (Å²) < 4.78 is 5.34. The van der Waals surface area contributed by atoms with Crippen LogP contribution in [-0.2, 0) is 4.79 Å². The fourth-order valence-corrected chi connectivity index (χ4v) is 2.01. The SMILES string of the molecule is CCOc1cc(N2CCN(C(=O)CO)CC2)ncn1. The highest BCUT2D eigenvalue weighted by atomic mass is 16.5. The van der Waals surface area contributed by atoms with Crippen molar-refractivity contribution in [3.8, 4) is 5.88 Å². The highest BCUT2D eigenvalue weighted by molar-refractivity contribution is 5.77. The van der Waals surface area contributed by atoms with E-state index in [1.807, 2.05) is 6.92 Å². The van der Waals surface area contributed by atoms with Gasteiger partial charge in [-0.3, -0.25) is 4.79 Å². The summed E-state index contributed by atoms with van der Waals surface area (Å²) in [6, 6.07) is 1.80. The van der Waals surface area contributed by atoms with Crippen LogP contribution in [0.15, 0.2) is 12.4 Å². The van der Waals surface area contributed by atoms with Gasteiger partial charge in [0.25, 0.3) is 0 Å². The number of aliphatic hydroxyl groups is 1. The third kappa shape index (κ3) is 3.31. The van der Waals surface area contributed by atoms with E-state index < -0.39 is 6.61 Å². The third-order valence-corrected chi connectivity index (χ3v) is 3.01. The highest BCUT2D eigenvalue weighted by Gasteiger charge is 2.21. The summed E-state index contributed by atoms with van der Waals surface area (Å²) in [5, 5.41) is 8.82. The van der Waals surface area contributed by atoms with Crippen molar-refractivity contribution in [1.82, 2.24) is 14.9 Å². The van der Waals surface area contributed by atoms with Crippen LogP contribution < -0.4 is 9.64 Å². The van der Waals surface area contributed by atoms with Gasteiger partial charge in [-0.1, -0.05) is 0 Å². The second kappa shape index (κ2) is 6.33. The quantitative estimate of drug-likeness (QED) is 0.792. The zero-order chi connectivity index (χ0) is 13.7. The average Bonchev–Trinajstić information content (AvgIpc) is 2.47. The van der Waals surface area contributed by atoms with E-state index in [2.05, 4.69) is 14.9 Å². The Labute approximate surface area is 111 Å². The number of hydrogen-bond acceptors (Lipinski definition) is 6. The second-order valence-electron chi connectivity index (χ2n) is 4.17. The molecule has 0 spiro atoms. The molecule has 7 heteroatoms. The van der Waals surface area contributed by atoms with Crippen molar-refractivity contribution in [1.29, 1.82) is 0 Å². The van der Waals surface area contributed by atoms with Crippen molar-refractivity contribution in [2.75, 3.05) is 44.3 Å². The van der Waals surface area contributed by atoms with E-state index in [4.69, 9.17) is 9.84 Å². The number of ether oxygens (including phenoxy) is 1. The maximum atomic E-state index is 11.4. The monoisotopic (exact) mass is 266 g/mol. The van der Waals surface area contributed by atoms with Crippen LogP contribution in [0, 0.1) is 0 Å². The van der Waals surface area contributed by atoms with Crippen LogP contribution in [0.2, 0.25) is 0 Å². The Balaban J connectivity index is 1.97. The molecule has 1 aromatic heterocycles. The lowest BCUT2D eigenvalue weighted by Gasteiger charge is -2.35. The Morgan fingerprint density at radius 3 is 2.74 bits per heavy atom. The number of piperazine rings is 1. The number of hydrogen-bond donors (Lipinski definition) is 1. The minimum absolute atomic E-state index is 0.225. The molecule has 1 aliphatic heterocycles. The zero-order valence-corrected chi connectivity index (χ0v) is 10.9. The fourth-order valence-electron chi connectivity index (χ4n) is 2.01. The second-order valence-corrected chi connectivity index (χ2v) is 4.17. The average molecular weight is 266 g/mol. The molecule has 0 unspecified atom stereocenters. The minimum Gasteiger partial charge on any atom is -0.478 e. The van der Waals surface area contributed by atoms with Gasteiger partial charge in [-0.15, -0.1) is 0 Å². The molecule has 1 N–H and O–H groups in total. The van der Waals surface area contributed by atoms with E-state index in [0.717, 1.165) is 5.82 Å². The van der Waals surface area contributed by atoms with Crippen molar-refractivity contribution in [2.24, 2.45) is 0 Å². The Hall–Kier alpha value is -1.89. The number of carbonyl (C=O) groups is 1. The van der Waals surface area contributed by atoms with E-state index in [-0.39, 0.29) is 5.91 Å². The first-order valence-electron chi connectivity index (χ1n) is 6.33. The van der Waals surface area contributed by atoms with Gasteiger partial charge < -0.3 is 19.6 Å². The molecule has 1 aromatic rings. The molecule has 2 rings (SSSR count). The first-order chi connectivity index (χ1) is 9.24. The molecule has 0 aliphatic carbocycles. The smallest absolute Gasteiger partial charge is 0.248 e. The van der Waals surface area contributed by atoms with E-state index in [1.165, 1.54) is 6.33 Å². The van der Waals surface area contributed by atoms with Crippen LogP contribution in [0.4, 0.5) is 5.82 Å². The lowest BCUT2D eigenvalue weighted by molar-refractivity contribution is -0.134. The van der Waals surface area contributed by atoms with Gasteiger partial charge in [0.1, 0.15) is 18.8 Å². The van der Waals surface area contributed by atoms with Crippen LogP contribution in [-0.4, -0.2) is 65.3 Å². The summed E-state index contributed by atoms with van der Waals surface area (Å²) in [4.78, 5) is 23.3. The number of carbonyl (C=O) groups excluding carboxylic acids is 1. The number of aliphatic hydroxyl groups excluding tert-OH is 1. The molecule has 0 radical (unpaired) electrons. The lowest BCUT2D eigenvalue weighted by Crippen LogP contribution is -2.49. The molecule has 1 aliphatic rings. The molecule has 0 saturated carbocycles. The number of aromatic nitrogens is 2. The van der Waals surface area contributed by atoms with Crippen molar-refractivity contribution in [2.45, 2.75) is 6.92 Å². The Morgan fingerprint density at radius 2 is 2.11 bits per heavy atom. The standard InChI is InChI=1S/C12H18N4O3/c1-2-19-11-7-10(13-9-14-11)15-3-5-16(6-4-15)12(18)8-17/h7,9,17H,2-6,8H2,1H3. The molecular weight excluding hydrogens is 248 g/mol.